The molecule has 9 nitrogen and oxygen atoms in total. The minimum atomic E-state index is -4.86. The number of alkyl halides is 3. The molecule has 0 saturated heterocycles. The molecule has 0 aliphatic heterocycles. The Balaban J connectivity index is 1.45. The highest BCUT2D eigenvalue weighted by molar-refractivity contribution is 6.03. The van der Waals surface area contributed by atoms with Gasteiger partial charge in [-0.25, -0.2) is 13.9 Å². The number of halogens is 4. The molecule has 3 aromatic carbocycles. The number of methoxy groups -OCH3 is 1. The standard InChI is InChI=1S/C35H37F4N5O4/c1-34(2,3)48-33(46)40-20-21-7-6-8-25(17-21)44-29(19-30(42-44)35(37,38)39)32(45)41-28-18-23(11-16-27(28)36)31(43(4)24-12-13-24)22-9-14-26(47-5)15-10-22/h6-11,14-19,24,31H,12-13,20H2,1-5H3,(H,40,46)(H,41,45). The molecule has 1 aromatic heterocycles. The molecule has 13 heteroatoms. The van der Waals surface area contributed by atoms with Crippen LogP contribution in [-0.4, -0.2) is 52.5 Å². The van der Waals surface area contributed by atoms with Gasteiger partial charge in [-0.3, -0.25) is 9.69 Å². The fourth-order valence-electron chi connectivity index (χ4n) is 5.30. The lowest BCUT2D eigenvalue weighted by atomic mass is 9.96. The third-order valence-corrected chi connectivity index (χ3v) is 7.74. The van der Waals surface area contributed by atoms with Gasteiger partial charge in [0.1, 0.15) is 22.9 Å². The number of ether oxygens (including phenoxy) is 2. The second kappa shape index (κ2) is 13.7. The average molecular weight is 668 g/mol. The van der Waals surface area contributed by atoms with E-state index >= 15 is 4.39 Å². The van der Waals surface area contributed by atoms with Crippen molar-refractivity contribution in [2.75, 3.05) is 19.5 Å². The number of hydrogen-bond donors (Lipinski definition) is 2. The van der Waals surface area contributed by atoms with Crippen molar-refractivity contribution < 1.29 is 36.6 Å². The van der Waals surface area contributed by atoms with E-state index in [0.717, 1.165) is 23.1 Å². The minimum Gasteiger partial charge on any atom is -0.497 e. The zero-order chi connectivity index (χ0) is 34.8. The molecule has 2 amide bonds. The Labute approximate surface area is 275 Å². The van der Waals surface area contributed by atoms with Crippen molar-refractivity contribution in [3.05, 3.63) is 107 Å². The molecule has 2 N–H and O–H groups in total. The van der Waals surface area contributed by atoms with Gasteiger partial charge in [0.05, 0.1) is 24.5 Å². The van der Waals surface area contributed by atoms with Crippen LogP contribution in [0.2, 0.25) is 0 Å². The molecule has 1 aliphatic rings. The summed E-state index contributed by atoms with van der Waals surface area (Å²) >= 11 is 0. The first-order valence-corrected chi connectivity index (χ1v) is 15.3. The maximum absolute atomic E-state index is 15.2. The summed E-state index contributed by atoms with van der Waals surface area (Å²) in [5.74, 6) is -1.08. The number of carbonyl (C=O) groups excluding carboxylic acids is 2. The van der Waals surface area contributed by atoms with Gasteiger partial charge in [-0.15, -0.1) is 0 Å². The summed E-state index contributed by atoms with van der Waals surface area (Å²) in [6.07, 6.45) is -3.51. The molecule has 48 heavy (non-hydrogen) atoms. The van der Waals surface area contributed by atoms with E-state index < -0.39 is 41.0 Å². The summed E-state index contributed by atoms with van der Waals surface area (Å²) in [7, 11) is 3.55. The van der Waals surface area contributed by atoms with Crippen LogP contribution in [0.4, 0.5) is 28.0 Å². The van der Waals surface area contributed by atoms with Crippen LogP contribution in [0, 0.1) is 5.82 Å². The van der Waals surface area contributed by atoms with Crippen LogP contribution in [0.15, 0.2) is 72.8 Å². The lowest BCUT2D eigenvalue weighted by Crippen LogP contribution is -2.32. The van der Waals surface area contributed by atoms with Gasteiger partial charge in [0, 0.05) is 18.7 Å². The first-order valence-electron chi connectivity index (χ1n) is 15.3. The number of benzene rings is 3. The smallest absolute Gasteiger partial charge is 0.435 e. The molecule has 1 aliphatic carbocycles. The highest BCUT2D eigenvalue weighted by Gasteiger charge is 2.37. The van der Waals surface area contributed by atoms with E-state index in [0.29, 0.717) is 29.0 Å². The van der Waals surface area contributed by atoms with Crippen LogP contribution >= 0.6 is 0 Å². The SMILES string of the molecule is COc1ccc(C(c2ccc(F)c(NC(=O)c3cc(C(F)(F)F)nn3-c3cccc(CNC(=O)OC(C)(C)C)c3)c2)N(C)C2CC2)cc1. The first-order chi connectivity index (χ1) is 22.6. The molecule has 0 spiro atoms. The quantitative estimate of drug-likeness (QED) is 0.170. The first kappa shape index (κ1) is 34.4. The molecule has 4 aromatic rings. The number of alkyl carbamates (subject to hydrolysis) is 1. The highest BCUT2D eigenvalue weighted by atomic mass is 19.4. The largest absolute Gasteiger partial charge is 0.497 e. The monoisotopic (exact) mass is 667 g/mol. The molecule has 5 rings (SSSR count). The normalized spacial score (nSPS) is 14.0. The molecular formula is C35H37F4N5O4. The molecule has 1 atom stereocenters. The van der Waals surface area contributed by atoms with E-state index in [1.165, 1.54) is 24.3 Å². The Kier molecular flexibility index (Phi) is 9.81. The van der Waals surface area contributed by atoms with E-state index in [1.54, 1.807) is 46.1 Å². The summed E-state index contributed by atoms with van der Waals surface area (Å²) in [5.41, 5.74) is -0.451. The fraction of sp³-hybridized carbons (Fsp3) is 0.343. The van der Waals surface area contributed by atoms with E-state index in [2.05, 4.69) is 20.6 Å². The summed E-state index contributed by atoms with van der Waals surface area (Å²) in [6.45, 7) is 5.14. The van der Waals surface area contributed by atoms with Crippen molar-refractivity contribution in [1.29, 1.82) is 0 Å². The number of aromatic nitrogens is 2. The third-order valence-electron chi connectivity index (χ3n) is 7.74. The molecular weight excluding hydrogens is 630 g/mol. The number of rotatable bonds is 10. The van der Waals surface area contributed by atoms with Crippen LogP contribution in [0.5, 0.6) is 5.75 Å². The van der Waals surface area contributed by atoms with Crippen molar-refractivity contribution in [2.24, 2.45) is 0 Å². The van der Waals surface area contributed by atoms with Crippen LogP contribution in [0.25, 0.3) is 5.69 Å². The van der Waals surface area contributed by atoms with Gasteiger partial charge in [-0.2, -0.15) is 18.3 Å². The minimum absolute atomic E-state index is 0.000346. The fourth-order valence-corrected chi connectivity index (χ4v) is 5.30. The summed E-state index contributed by atoms with van der Waals surface area (Å²) < 4.78 is 68.1. The van der Waals surface area contributed by atoms with Crippen molar-refractivity contribution in [2.45, 2.75) is 64.0 Å². The van der Waals surface area contributed by atoms with Crippen molar-refractivity contribution in [3.8, 4) is 11.4 Å². The maximum atomic E-state index is 15.2. The van der Waals surface area contributed by atoms with Crippen molar-refractivity contribution in [1.82, 2.24) is 20.0 Å². The zero-order valence-electron chi connectivity index (χ0n) is 27.2. The Bertz CT molecular complexity index is 1780. The van der Waals surface area contributed by atoms with E-state index in [-0.39, 0.29) is 24.0 Å². The number of amides is 2. The molecule has 1 unspecified atom stereocenters. The van der Waals surface area contributed by atoms with Crippen LogP contribution in [-0.2, 0) is 17.5 Å². The Morgan fingerprint density at radius 2 is 1.69 bits per heavy atom. The Morgan fingerprint density at radius 1 is 1.00 bits per heavy atom. The molecule has 1 fully saturated rings. The molecule has 1 heterocycles. The number of hydrogen-bond acceptors (Lipinski definition) is 6. The second-order valence-corrected chi connectivity index (χ2v) is 12.6. The summed E-state index contributed by atoms with van der Waals surface area (Å²) in [4.78, 5) is 27.9. The van der Waals surface area contributed by atoms with Gasteiger partial charge >= 0.3 is 12.3 Å². The number of anilines is 1. The predicted octanol–water partition coefficient (Wildman–Crippen LogP) is 7.50. The lowest BCUT2D eigenvalue weighted by Gasteiger charge is -2.29. The number of nitrogens with zero attached hydrogens (tertiary/aromatic N) is 3. The van der Waals surface area contributed by atoms with E-state index in [1.807, 2.05) is 31.3 Å². The van der Waals surface area contributed by atoms with Gasteiger partial charge < -0.3 is 20.1 Å². The van der Waals surface area contributed by atoms with Crippen LogP contribution in [0.1, 0.15) is 72.5 Å². The Hall–Kier alpha value is -4.91. The van der Waals surface area contributed by atoms with Crippen molar-refractivity contribution in [3.63, 3.8) is 0 Å². The Morgan fingerprint density at radius 3 is 2.31 bits per heavy atom. The highest BCUT2D eigenvalue weighted by Crippen LogP contribution is 2.38. The average Bonchev–Trinajstić information content (AvgIpc) is 3.77. The van der Waals surface area contributed by atoms with Crippen LogP contribution in [0.3, 0.4) is 0 Å². The second-order valence-electron chi connectivity index (χ2n) is 12.6. The van der Waals surface area contributed by atoms with Gasteiger partial charge in [-0.05, 0) is 93.7 Å². The molecule has 254 valence electrons. The van der Waals surface area contributed by atoms with Crippen LogP contribution < -0.4 is 15.4 Å². The topological polar surface area (TPSA) is 97.7 Å². The van der Waals surface area contributed by atoms with Gasteiger partial charge in [0.2, 0.25) is 0 Å². The zero-order valence-corrected chi connectivity index (χ0v) is 27.2. The molecule has 0 bridgehead atoms. The lowest BCUT2D eigenvalue weighted by molar-refractivity contribution is -0.141. The van der Waals surface area contributed by atoms with Crippen molar-refractivity contribution >= 4 is 17.7 Å². The number of nitrogens with one attached hydrogen (secondary N) is 2. The maximum Gasteiger partial charge on any atom is 0.435 e. The summed E-state index contributed by atoms with van der Waals surface area (Å²) in [6, 6.07) is 18.6. The van der Waals surface area contributed by atoms with E-state index in [4.69, 9.17) is 9.47 Å². The molecule has 1 saturated carbocycles. The third kappa shape index (κ3) is 8.32. The van der Waals surface area contributed by atoms with Gasteiger partial charge in [-0.1, -0.05) is 30.3 Å². The number of carbonyl (C=O) groups is 2. The molecule has 0 radical (unpaired) electrons. The predicted molar refractivity (Wildman–Crippen MR) is 172 cm³/mol. The summed E-state index contributed by atoms with van der Waals surface area (Å²) in [5, 5.41) is 8.74. The van der Waals surface area contributed by atoms with Gasteiger partial charge in [0.25, 0.3) is 5.91 Å². The van der Waals surface area contributed by atoms with E-state index in [9.17, 15) is 22.8 Å². The van der Waals surface area contributed by atoms with Gasteiger partial charge in [0.15, 0.2) is 5.69 Å².